The van der Waals surface area contributed by atoms with Crippen LogP contribution in [0.15, 0.2) is 30.7 Å². The van der Waals surface area contributed by atoms with Crippen LogP contribution in [0.1, 0.15) is 31.4 Å². The number of ether oxygens (including phenoxy) is 1. The third-order valence-corrected chi connectivity index (χ3v) is 5.43. The van der Waals surface area contributed by atoms with Crippen molar-refractivity contribution in [1.82, 2.24) is 14.0 Å². The number of aromatic hydroxyl groups is 2. The van der Waals surface area contributed by atoms with E-state index >= 15 is 0 Å². The second kappa shape index (κ2) is 3.93. The van der Waals surface area contributed by atoms with E-state index in [-0.39, 0.29) is 11.8 Å². The Morgan fingerprint density at radius 2 is 1.96 bits per heavy atom. The summed E-state index contributed by atoms with van der Waals surface area (Å²) in [5, 5.41) is 32.0. The van der Waals surface area contributed by atoms with E-state index in [2.05, 4.69) is 4.98 Å². The van der Waals surface area contributed by atoms with Gasteiger partial charge in [-0.2, -0.15) is 0 Å². The fourth-order valence-electron chi connectivity index (χ4n) is 4.32. The lowest BCUT2D eigenvalue weighted by molar-refractivity contribution is -0.0936. The number of aliphatic hydroxyl groups is 1. The fourth-order valence-corrected chi connectivity index (χ4v) is 4.32. The van der Waals surface area contributed by atoms with Gasteiger partial charge in [0.2, 0.25) is 11.8 Å². The Balaban J connectivity index is 1.80. The number of hydrogen-bond acceptors (Lipinski definition) is 5. The minimum Gasteiger partial charge on any atom is -0.494 e. The summed E-state index contributed by atoms with van der Waals surface area (Å²) >= 11 is 0. The van der Waals surface area contributed by atoms with Crippen molar-refractivity contribution >= 4 is 5.65 Å². The SMILES string of the molecule is CC12C[C@@H](O)C(C)(O1)c1c2c(O)n(-c2ccc3nccn3c2)c1O. The Bertz CT molecular complexity index is 1010. The lowest BCUT2D eigenvalue weighted by atomic mass is 9.78. The first-order valence-corrected chi connectivity index (χ1v) is 7.84. The quantitative estimate of drug-likeness (QED) is 0.633. The van der Waals surface area contributed by atoms with Gasteiger partial charge in [-0.25, -0.2) is 9.55 Å². The molecule has 7 heteroatoms. The standard InChI is InChI=1S/C17H17N3O4/c1-16-7-10(21)17(2,24-16)13-12(16)14(22)20(15(13)23)9-3-4-11-18-5-6-19(11)8-9/h3-6,8,10,21-23H,7H2,1-2H3/t10-,16?,17?/m1/s1. The highest BCUT2D eigenvalue weighted by Gasteiger charge is 2.64. The molecule has 1 saturated heterocycles. The first-order valence-electron chi connectivity index (χ1n) is 7.84. The third-order valence-electron chi connectivity index (χ3n) is 5.43. The van der Waals surface area contributed by atoms with Gasteiger partial charge in [-0.3, -0.25) is 0 Å². The maximum Gasteiger partial charge on any atom is 0.205 e. The van der Waals surface area contributed by atoms with Crippen LogP contribution in [0.5, 0.6) is 11.8 Å². The molecule has 7 nitrogen and oxygen atoms in total. The van der Waals surface area contributed by atoms with Gasteiger partial charge in [0.05, 0.1) is 28.5 Å². The molecule has 3 atom stereocenters. The van der Waals surface area contributed by atoms with Crippen molar-refractivity contribution in [2.75, 3.05) is 0 Å². The number of aliphatic hydroxyl groups excluding tert-OH is 1. The first-order chi connectivity index (χ1) is 11.3. The zero-order chi connectivity index (χ0) is 16.9. The Hall–Kier alpha value is -2.51. The van der Waals surface area contributed by atoms with Gasteiger partial charge in [-0.05, 0) is 26.0 Å². The molecular weight excluding hydrogens is 310 g/mol. The summed E-state index contributed by atoms with van der Waals surface area (Å²) in [7, 11) is 0. The molecule has 2 aliphatic rings. The Labute approximate surface area is 137 Å². The molecule has 3 aromatic rings. The molecule has 5 rings (SSSR count). The van der Waals surface area contributed by atoms with Gasteiger partial charge >= 0.3 is 0 Å². The van der Waals surface area contributed by atoms with E-state index in [0.29, 0.717) is 23.2 Å². The van der Waals surface area contributed by atoms with Crippen molar-refractivity contribution in [3.63, 3.8) is 0 Å². The molecule has 5 heterocycles. The molecule has 1 fully saturated rings. The van der Waals surface area contributed by atoms with E-state index in [1.165, 1.54) is 4.57 Å². The van der Waals surface area contributed by atoms with Gasteiger partial charge in [0, 0.05) is 25.0 Å². The van der Waals surface area contributed by atoms with E-state index in [4.69, 9.17) is 4.74 Å². The zero-order valence-electron chi connectivity index (χ0n) is 13.3. The lowest BCUT2D eigenvalue weighted by Gasteiger charge is -2.25. The van der Waals surface area contributed by atoms with Crippen molar-refractivity contribution < 1.29 is 20.1 Å². The molecule has 0 amide bonds. The molecule has 124 valence electrons. The van der Waals surface area contributed by atoms with Crippen molar-refractivity contribution in [3.8, 4) is 17.4 Å². The van der Waals surface area contributed by atoms with Gasteiger partial charge < -0.3 is 24.5 Å². The van der Waals surface area contributed by atoms with Crippen LogP contribution < -0.4 is 0 Å². The van der Waals surface area contributed by atoms with E-state index in [1.807, 2.05) is 17.4 Å². The molecule has 24 heavy (non-hydrogen) atoms. The molecule has 2 unspecified atom stereocenters. The summed E-state index contributed by atoms with van der Waals surface area (Å²) in [6, 6.07) is 3.59. The number of pyridine rings is 1. The molecule has 2 bridgehead atoms. The summed E-state index contributed by atoms with van der Waals surface area (Å²) < 4.78 is 9.18. The number of nitrogens with zero attached hydrogens (tertiary/aromatic N) is 3. The van der Waals surface area contributed by atoms with Crippen molar-refractivity contribution in [2.24, 2.45) is 0 Å². The number of rotatable bonds is 1. The van der Waals surface area contributed by atoms with E-state index < -0.39 is 17.3 Å². The molecule has 0 aromatic carbocycles. The Morgan fingerprint density at radius 3 is 2.75 bits per heavy atom. The van der Waals surface area contributed by atoms with Crippen LogP contribution in [0.3, 0.4) is 0 Å². The normalized spacial score (nSPS) is 31.0. The van der Waals surface area contributed by atoms with E-state index in [0.717, 1.165) is 5.65 Å². The van der Waals surface area contributed by atoms with Crippen LogP contribution in [-0.4, -0.2) is 35.4 Å². The fraction of sp³-hybridized carbons (Fsp3) is 0.353. The summed E-state index contributed by atoms with van der Waals surface area (Å²) in [5.41, 5.74) is 0.567. The van der Waals surface area contributed by atoms with Crippen molar-refractivity contribution in [2.45, 2.75) is 37.6 Å². The maximum absolute atomic E-state index is 10.8. The van der Waals surface area contributed by atoms with Crippen LogP contribution in [0.4, 0.5) is 0 Å². The number of aromatic nitrogens is 3. The third kappa shape index (κ3) is 1.38. The van der Waals surface area contributed by atoms with Crippen LogP contribution in [0.25, 0.3) is 11.3 Å². The van der Waals surface area contributed by atoms with Gasteiger partial charge in [-0.1, -0.05) is 0 Å². The Morgan fingerprint density at radius 1 is 1.21 bits per heavy atom. The first kappa shape index (κ1) is 13.9. The van der Waals surface area contributed by atoms with E-state index in [1.54, 1.807) is 31.6 Å². The van der Waals surface area contributed by atoms with Crippen molar-refractivity contribution in [1.29, 1.82) is 0 Å². The number of imidazole rings is 1. The topological polar surface area (TPSA) is 92.1 Å². The predicted molar refractivity (Wildman–Crippen MR) is 84.3 cm³/mol. The van der Waals surface area contributed by atoms with Crippen LogP contribution in [0, 0.1) is 0 Å². The summed E-state index contributed by atoms with van der Waals surface area (Å²) in [5.74, 6) is -0.160. The largest absolute Gasteiger partial charge is 0.494 e. The van der Waals surface area contributed by atoms with Crippen LogP contribution >= 0.6 is 0 Å². The predicted octanol–water partition coefficient (Wildman–Crippen LogP) is 1.76. The Kier molecular flexibility index (Phi) is 2.28. The van der Waals surface area contributed by atoms with Gasteiger partial charge in [0.25, 0.3) is 0 Å². The van der Waals surface area contributed by atoms with Crippen molar-refractivity contribution in [3.05, 3.63) is 41.9 Å². The molecular formula is C17H17N3O4. The molecule has 3 N–H and O–H groups in total. The molecule has 0 spiro atoms. The van der Waals surface area contributed by atoms with Crippen LogP contribution in [-0.2, 0) is 15.9 Å². The number of hydrogen-bond donors (Lipinski definition) is 3. The second-order valence-corrected chi connectivity index (χ2v) is 6.97. The highest BCUT2D eigenvalue weighted by molar-refractivity contribution is 5.61. The van der Waals surface area contributed by atoms with Gasteiger partial charge in [0.15, 0.2) is 0 Å². The maximum atomic E-state index is 10.8. The average molecular weight is 327 g/mol. The molecule has 2 aliphatic heterocycles. The minimum atomic E-state index is -1.02. The smallest absolute Gasteiger partial charge is 0.205 e. The second-order valence-electron chi connectivity index (χ2n) is 6.97. The van der Waals surface area contributed by atoms with E-state index in [9.17, 15) is 15.3 Å². The monoisotopic (exact) mass is 327 g/mol. The number of fused-ring (bicyclic) bond motifs is 6. The minimum absolute atomic E-state index is 0.0555. The lowest BCUT2D eigenvalue weighted by Crippen LogP contribution is -2.32. The highest BCUT2D eigenvalue weighted by Crippen LogP contribution is 2.64. The summed E-state index contributed by atoms with van der Waals surface area (Å²) in [6.45, 7) is 3.58. The van der Waals surface area contributed by atoms with Gasteiger partial charge in [-0.15, -0.1) is 0 Å². The van der Waals surface area contributed by atoms with Gasteiger partial charge in [0.1, 0.15) is 11.2 Å². The summed E-state index contributed by atoms with van der Waals surface area (Å²) in [4.78, 5) is 4.19. The zero-order valence-corrected chi connectivity index (χ0v) is 13.3. The highest BCUT2D eigenvalue weighted by atomic mass is 16.6. The molecule has 3 aromatic heterocycles. The van der Waals surface area contributed by atoms with Crippen LogP contribution in [0.2, 0.25) is 0 Å². The summed E-state index contributed by atoms with van der Waals surface area (Å²) in [6.07, 6.45) is 4.91. The molecule has 0 radical (unpaired) electrons. The molecule has 0 saturated carbocycles. The average Bonchev–Trinajstić information content (AvgIpc) is 3.19. The molecule has 0 aliphatic carbocycles.